The molecular formula is C13H17N3O2. The van der Waals surface area contributed by atoms with E-state index >= 15 is 0 Å². The van der Waals surface area contributed by atoms with Gasteiger partial charge in [0.25, 0.3) is 5.91 Å². The van der Waals surface area contributed by atoms with Gasteiger partial charge in [-0.25, -0.2) is 0 Å². The highest BCUT2D eigenvalue weighted by Gasteiger charge is 2.32. The van der Waals surface area contributed by atoms with Crippen LogP contribution in [0.25, 0.3) is 0 Å². The number of carbonyl (C=O) groups excluding carboxylic acids is 1. The highest BCUT2D eigenvalue weighted by molar-refractivity contribution is 5.95. The summed E-state index contributed by atoms with van der Waals surface area (Å²) in [5, 5.41) is 11.4. The van der Waals surface area contributed by atoms with Crippen LogP contribution < -0.4 is 5.73 Å². The Labute approximate surface area is 106 Å². The van der Waals surface area contributed by atoms with Gasteiger partial charge in [-0.05, 0) is 25.0 Å². The van der Waals surface area contributed by atoms with Crippen molar-refractivity contribution in [1.29, 1.82) is 0 Å². The standard InChI is InChI=1S/C13H17N3O2/c14-12(15-18)8-9-16(11-6-7-11)13(17)10-4-2-1-3-5-10/h1-5,11,18H,6-9H2,(H2,14,15). The quantitative estimate of drug-likeness (QED) is 0.357. The molecule has 1 fully saturated rings. The van der Waals surface area contributed by atoms with Crippen LogP contribution in [0.3, 0.4) is 0 Å². The number of benzene rings is 1. The molecule has 1 amide bonds. The van der Waals surface area contributed by atoms with Gasteiger partial charge in [-0.15, -0.1) is 0 Å². The summed E-state index contributed by atoms with van der Waals surface area (Å²) >= 11 is 0. The van der Waals surface area contributed by atoms with Crippen LogP contribution in [0.15, 0.2) is 35.5 Å². The number of rotatable bonds is 5. The highest BCUT2D eigenvalue weighted by atomic mass is 16.4. The van der Waals surface area contributed by atoms with E-state index in [1.165, 1.54) is 0 Å². The minimum absolute atomic E-state index is 0.0174. The number of hydrogen-bond acceptors (Lipinski definition) is 3. The minimum Gasteiger partial charge on any atom is -0.409 e. The van der Waals surface area contributed by atoms with Crippen LogP contribution in [0.5, 0.6) is 0 Å². The smallest absolute Gasteiger partial charge is 0.254 e. The molecule has 18 heavy (non-hydrogen) atoms. The van der Waals surface area contributed by atoms with E-state index in [-0.39, 0.29) is 11.7 Å². The first-order chi connectivity index (χ1) is 8.72. The van der Waals surface area contributed by atoms with E-state index in [9.17, 15) is 4.79 Å². The van der Waals surface area contributed by atoms with Gasteiger partial charge in [0.2, 0.25) is 0 Å². The van der Waals surface area contributed by atoms with Gasteiger partial charge in [-0.2, -0.15) is 0 Å². The Morgan fingerprint density at radius 3 is 2.61 bits per heavy atom. The third-order valence-corrected chi connectivity index (χ3v) is 3.01. The molecule has 1 aliphatic rings. The lowest BCUT2D eigenvalue weighted by molar-refractivity contribution is 0.0747. The number of amides is 1. The first-order valence-electron chi connectivity index (χ1n) is 6.05. The molecule has 0 aliphatic heterocycles. The largest absolute Gasteiger partial charge is 0.409 e. The van der Waals surface area contributed by atoms with Crippen molar-refractivity contribution >= 4 is 11.7 Å². The summed E-state index contributed by atoms with van der Waals surface area (Å²) in [6.45, 7) is 0.494. The van der Waals surface area contributed by atoms with E-state index in [1.807, 2.05) is 23.1 Å². The molecule has 0 atom stereocenters. The van der Waals surface area contributed by atoms with Gasteiger partial charge in [-0.3, -0.25) is 4.79 Å². The Hall–Kier alpha value is -2.04. The Morgan fingerprint density at radius 2 is 2.06 bits per heavy atom. The molecule has 3 N–H and O–H groups in total. The van der Waals surface area contributed by atoms with E-state index in [4.69, 9.17) is 10.9 Å². The van der Waals surface area contributed by atoms with E-state index in [2.05, 4.69) is 5.16 Å². The van der Waals surface area contributed by atoms with Gasteiger partial charge in [0.1, 0.15) is 5.84 Å². The van der Waals surface area contributed by atoms with Crippen molar-refractivity contribution in [3.63, 3.8) is 0 Å². The molecule has 0 radical (unpaired) electrons. The number of nitrogens with zero attached hydrogens (tertiary/aromatic N) is 2. The number of oxime groups is 1. The van der Waals surface area contributed by atoms with Crippen LogP contribution in [-0.2, 0) is 0 Å². The van der Waals surface area contributed by atoms with Crippen molar-refractivity contribution < 1.29 is 10.0 Å². The average molecular weight is 247 g/mol. The van der Waals surface area contributed by atoms with E-state index in [0.717, 1.165) is 12.8 Å². The fourth-order valence-corrected chi connectivity index (χ4v) is 1.87. The average Bonchev–Trinajstić information content (AvgIpc) is 3.24. The van der Waals surface area contributed by atoms with Crippen LogP contribution in [0.1, 0.15) is 29.6 Å². The maximum atomic E-state index is 12.3. The molecule has 5 nitrogen and oxygen atoms in total. The molecule has 2 rings (SSSR count). The Balaban J connectivity index is 2.04. The zero-order chi connectivity index (χ0) is 13.0. The number of nitrogens with two attached hydrogens (primary N) is 1. The van der Waals surface area contributed by atoms with Crippen LogP contribution in [0.4, 0.5) is 0 Å². The van der Waals surface area contributed by atoms with Crippen molar-refractivity contribution in [2.24, 2.45) is 10.9 Å². The van der Waals surface area contributed by atoms with Crippen LogP contribution in [0, 0.1) is 0 Å². The van der Waals surface area contributed by atoms with Crippen LogP contribution in [0.2, 0.25) is 0 Å². The lowest BCUT2D eigenvalue weighted by atomic mass is 10.2. The predicted octanol–water partition coefficient (Wildman–Crippen LogP) is 1.43. The van der Waals surface area contributed by atoms with Gasteiger partial charge in [0.05, 0.1) is 0 Å². The number of hydrogen-bond donors (Lipinski definition) is 2. The first-order valence-corrected chi connectivity index (χ1v) is 6.05. The number of amidine groups is 1. The molecule has 96 valence electrons. The Kier molecular flexibility index (Phi) is 3.82. The fourth-order valence-electron chi connectivity index (χ4n) is 1.87. The number of carbonyl (C=O) groups is 1. The zero-order valence-corrected chi connectivity index (χ0v) is 10.1. The summed E-state index contributed by atoms with van der Waals surface area (Å²) in [5.74, 6) is 0.172. The van der Waals surface area contributed by atoms with Gasteiger partial charge in [-0.1, -0.05) is 23.4 Å². The molecule has 0 heterocycles. The Morgan fingerprint density at radius 1 is 1.39 bits per heavy atom. The Bertz CT molecular complexity index is 441. The summed E-state index contributed by atoms with van der Waals surface area (Å²) in [7, 11) is 0. The lowest BCUT2D eigenvalue weighted by Crippen LogP contribution is -2.35. The molecule has 0 bridgehead atoms. The minimum atomic E-state index is 0.0174. The topological polar surface area (TPSA) is 78.9 Å². The fraction of sp³-hybridized carbons (Fsp3) is 0.385. The normalized spacial score (nSPS) is 15.4. The van der Waals surface area contributed by atoms with E-state index < -0.39 is 0 Å². The maximum Gasteiger partial charge on any atom is 0.254 e. The van der Waals surface area contributed by atoms with Crippen LogP contribution in [-0.4, -0.2) is 34.4 Å². The molecule has 5 heteroatoms. The SMILES string of the molecule is NC(CCN(C(=O)c1ccccc1)C1CC1)=NO. The lowest BCUT2D eigenvalue weighted by Gasteiger charge is -2.22. The molecule has 1 aromatic carbocycles. The van der Waals surface area contributed by atoms with Crippen molar-refractivity contribution in [2.75, 3.05) is 6.54 Å². The molecule has 0 saturated heterocycles. The monoisotopic (exact) mass is 247 g/mol. The molecule has 0 unspecified atom stereocenters. The van der Waals surface area contributed by atoms with Gasteiger partial charge < -0.3 is 15.8 Å². The summed E-state index contributed by atoms with van der Waals surface area (Å²) < 4.78 is 0. The maximum absolute atomic E-state index is 12.3. The molecule has 0 aromatic heterocycles. The summed E-state index contributed by atoms with van der Waals surface area (Å²) in [4.78, 5) is 14.1. The molecular weight excluding hydrogens is 230 g/mol. The van der Waals surface area contributed by atoms with E-state index in [1.54, 1.807) is 12.1 Å². The molecule has 1 saturated carbocycles. The second-order valence-corrected chi connectivity index (χ2v) is 4.44. The third kappa shape index (κ3) is 3.00. The second-order valence-electron chi connectivity index (χ2n) is 4.44. The van der Waals surface area contributed by atoms with Crippen molar-refractivity contribution in [1.82, 2.24) is 4.90 Å². The highest BCUT2D eigenvalue weighted by Crippen LogP contribution is 2.28. The zero-order valence-electron chi connectivity index (χ0n) is 10.1. The van der Waals surface area contributed by atoms with Crippen molar-refractivity contribution in [2.45, 2.75) is 25.3 Å². The van der Waals surface area contributed by atoms with E-state index in [0.29, 0.717) is 24.6 Å². The van der Waals surface area contributed by atoms with Gasteiger partial charge in [0, 0.05) is 24.6 Å². The predicted molar refractivity (Wildman–Crippen MR) is 68.5 cm³/mol. The van der Waals surface area contributed by atoms with Crippen molar-refractivity contribution in [3.8, 4) is 0 Å². The molecule has 0 spiro atoms. The van der Waals surface area contributed by atoms with Crippen LogP contribution >= 0.6 is 0 Å². The summed E-state index contributed by atoms with van der Waals surface area (Å²) in [6.07, 6.45) is 2.47. The first kappa shape index (κ1) is 12.4. The molecule has 1 aromatic rings. The second kappa shape index (κ2) is 5.53. The van der Waals surface area contributed by atoms with Gasteiger partial charge >= 0.3 is 0 Å². The summed E-state index contributed by atoms with van der Waals surface area (Å²) in [6, 6.07) is 9.50. The molecule has 1 aliphatic carbocycles. The summed E-state index contributed by atoms with van der Waals surface area (Å²) in [5.41, 5.74) is 6.13. The third-order valence-electron chi connectivity index (χ3n) is 3.01. The van der Waals surface area contributed by atoms with Gasteiger partial charge in [0.15, 0.2) is 0 Å². The van der Waals surface area contributed by atoms with Crippen molar-refractivity contribution in [3.05, 3.63) is 35.9 Å².